The van der Waals surface area contributed by atoms with Gasteiger partial charge in [-0.15, -0.1) is 0 Å². The van der Waals surface area contributed by atoms with Crippen LogP contribution in [0.3, 0.4) is 0 Å². The average molecular weight is 602 g/mol. The summed E-state index contributed by atoms with van der Waals surface area (Å²) < 4.78 is 11.2. The monoisotopic (exact) mass is 601 g/mol. The van der Waals surface area contributed by atoms with E-state index in [1.165, 1.54) is 38.5 Å². The molecule has 47 heavy (non-hydrogen) atoms. The topological polar surface area (TPSA) is 46.8 Å². The van der Waals surface area contributed by atoms with E-state index in [-0.39, 0.29) is 0 Å². The Morgan fingerprint density at radius 1 is 0.574 bits per heavy atom. The van der Waals surface area contributed by atoms with Crippen LogP contribution >= 0.6 is 0 Å². The van der Waals surface area contributed by atoms with Crippen LogP contribution in [-0.2, 0) is 12.8 Å². The van der Waals surface area contributed by atoms with Crippen LogP contribution < -0.4 is 0 Å². The van der Waals surface area contributed by atoms with Gasteiger partial charge in [0.2, 0.25) is 0 Å². The third-order valence-corrected chi connectivity index (χ3v) is 9.85. The number of fused-ring (bicyclic) bond motifs is 10. The van der Waals surface area contributed by atoms with Crippen molar-refractivity contribution in [3.63, 3.8) is 0 Å². The lowest BCUT2D eigenvalue weighted by atomic mass is 9.91. The number of aryl methyl sites for hydroxylation is 2. The molecule has 9 aromatic rings. The maximum absolute atomic E-state index is 10.0. The third-order valence-electron chi connectivity index (χ3n) is 9.85. The Bertz CT molecular complexity index is 2700. The summed E-state index contributed by atoms with van der Waals surface area (Å²) in [5.74, 6) is 1.06. The van der Waals surface area contributed by atoms with E-state index >= 15 is 0 Å². The van der Waals surface area contributed by atoms with E-state index in [9.17, 15) is 5.26 Å². The lowest BCUT2D eigenvalue weighted by Crippen LogP contribution is -2.04. The molecule has 1 aliphatic rings. The number of nitrogens with zero attached hydrogens (tertiary/aromatic N) is 3. The summed E-state index contributed by atoms with van der Waals surface area (Å²) in [7, 11) is 0. The van der Waals surface area contributed by atoms with Crippen LogP contribution in [0.1, 0.15) is 16.9 Å². The molecule has 0 saturated carbocycles. The minimum absolute atomic E-state index is 0.638. The van der Waals surface area contributed by atoms with Crippen LogP contribution in [0, 0.1) is 11.3 Å². The molecule has 1 aliphatic carbocycles. The second-order valence-corrected chi connectivity index (χ2v) is 12.3. The highest BCUT2D eigenvalue weighted by atomic mass is 16.3. The van der Waals surface area contributed by atoms with Crippen LogP contribution in [0.2, 0.25) is 0 Å². The summed E-state index contributed by atoms with van der Waals surface area (Å²) >= 11 is 0. The van der Waals surface area contributed by atoms with Gasteiger partial charge < -0.3 is 13.6 Å². The molecule has 0 fully saturated rings. The Hall–Kier alpha value is -6.31. The van der Waals surface area contributed by atoms with Gasteiger partial charge >= 0.3 is 0 Å². The molecule has 0 saturated heterocycles. The Morgan fingerprint density at radius 3 is 2.02 bits per heavy atom. The Balaban J connectivity index is 1.27. The zero-order valence-corrected chi connectivity index (χ0v) is 25.4. The fourth-order valence-corrected chi connectivity index (χ4v) is 7.87. The van der Waals surface area contributed by atoms with E-state index in [0.29, 0.717) is 5.56 Å². The summed E-state index contributed by atoms with van der Waals surface area (Å²) in [6.07, 6.45) is 1.76. The molecule has 10 rings (SSSR count). The number of para-hydroxylation sites is 4. The number of nitriles is 1. The van der Waals surface area contributed by atoms with Crippen molar-refractivity contribution in [1.82, 2.24) is 9.13 Å². The zero-order valence-electron chi connectivity index (χ0n) is 25.4. The largest absolute Gasteiger partial charge is 0.460 e. The van der Waals surface area contributed by atoms with Gasteiger partial charge in [0.25, 0.3) is 0 Å². The maximum Gasteiger partial charge on any atom is 0.134 e. The molecule has 0 aliphatic heterocycles. The molecule has 3 aromatic heterocycles. The van der Waals surface area contributed by atoms with Crippen molar-refractivity contribution in [3.8, 4) is 39.8 Å². The van der Waals surface area contributed by atoms with Crippen LogP contribution in [0.4, 0.5) is 0 Å². The van der Waals surface area contributed by atoms with Crippen molar-refractivity contribution in [2.45, 2.75) is 12.8 Å². The smallest absolute Gasteiger partial charge is 0.134 e. The van der Waals surface area contributed by atoms with Gasteiger partial charge in [0.1, 0.15) is 11.3 Å². The maximum atomic E-state index is 10.0. The number of hydrogen-bond acceptors (Lipinski definition) is 2. The van der Waals surface area contributed by atoms with Gasteiger partial charge in [-0.2, -0.15) is 5.26 Å². The predicted molar refractivity (Wildman–Crippen MR) is 190 cm³/mol. The molecule has 0 bridgehead atoms. The number of hydrogen-bond donors (Lipinski definition) is 0. The van der Waals surface area contributed by atoms with Crippen molar-refractivity contribution >= 4 is 43.7 Å². The Labute approximate surface area is 271 Å². The van der Waals surface area contributed by atoms with Crippen molar-refractivity contribution in [2.24, 2.45) is 0 Å². The lowest BCUT2D eigenvalue weighted by molar-refractivity contribution is 0.545. The first kappa shape index (κ1) is 26.0. The molecular formula is C43H27N3O. The van der Waals surface area contributed by atoms with Crippen LogP contribution in [0.15, 0.2) is 144 Å². The predicted octanol–water partition coefficient (Wildman–Crippen LogP) is 10.8. The molecule has 0 spiro atoms. The molecular weight excluding hydrogens is 574 g/mol. The highest BCUT2D eigenvalue weighted by molar-refractivity contribution is 6.10. The van der Waals surface area contributed by atoms with Crippen molar-refractivity contribution < 1.29 is 4.42 Å². The molecule has 6 aromatic carbocycles. The van der Waals surface area contributed by atoms with Crippen molar-refractivity contribution in [1.29, 1.82) is 5.26 Å². The second kappa shape index (κ2) is 9.84. The normalized spacial score (nSPS) is 12.5. The molecule has 4 heteroatoms. The van der Waals surface area contributed by atoms with Gasteiger partial charge in [-0.1, -0.05) is 84.9 Å². The van der Waals surface area contributed by atoms with Crippen LogP contribution in [0.5, 0.6) is 0 Å². The van der Waals surface area contributed by atoms with E-state index < -0.39 is 0 Å². The summed E-state index contributed by atoms with van der Waals surface area (Å²) in [6, 6.07) is 51.5. The quantitative estimate of drug-likeness (QED) is 0.202. The zero-order chi connectivity index (χ0) is 31.1. The summed E-state index contributed by atoms with van der Waals surface area (Å²) in [4.78, 5) is 0. The third kappa shape index (κ3) is 3.69. The number of benzene rings is 6. The number of rotatable bonds is 3. The van der Waals surface area contributed by atoms with Gasteiger partial charge in [0, 0.05) is 44.8 Å². The van der Waals surface area contributed by atoms with E-state index in [1.54, 1.807) is 0 Å². The molecule has 0 unspecified atom stereocenters. The minimum Gasteiger partial charge on any atom is -0.460 e. The van der Waals surface area contributed by atoms with Gasteiger partial charge in [0.15, 0.2) is 0 Å². The molecule has 0 atom stereocenters. The van der Waals surface area contributed by atoms with Crippen molar-refractivity contribution in [2.75, 3.05) is 0 Å². The van der Waals surface area contributed by atoms with E-state index in [1.807, 2.05) is 18.2 Å². The molecule has 220 valence electrons. The van der Waals surface area contributed by atoms with E-state index in [4.69, 9.17) is 4.42 Å². The molecule has 4 nitrogen and oxygen atoms in total. The number of aromatic nitrogens is 2. The summed E-state index contributed by atoms with van der Waals surface area (Å²) in [5.41, 5.74) is 13.1. The van der Waals surface area contributed by atoms with E-state index in [2.05, 4.69) is 137 Å². The highest BCUT2D eigenvalue weighted by Crippen LogP contribution is 2.47. The standard InChI is InChI=1S/C43H27N3O/c44-26-27-18-20-30(39(24-27)46-36-15-7-4-12-31(36)32-13-5-8-16-37(32)46)28-19-22-38-35(25-28)33-21-23-41-42(34-14-6-9-17-40(34)47-41)43(33)45(38)29-10-2-1-3-11-29/h1-20,22,24-25H,21,23H2. The molecule has 0 radical (unpaired) electrons. The number of furan rings is 1. The van der Waals surface area contributed by atoms with Crippen LogP contribution in [0.25, 0.3) is 77.4 Å². The SMILES string of the molecule is N#Cc1ccc(-c2ccc3c(c2)c2c(n3-c3ccccc3)-c3c(oc4ccccc34)CC2)c(-n2c3ccccc3c3ccccc32)c1. The molecule has 3 heterocycles. The van der Waals surface area contributed by atoms with Gasteiger partial charge in [0.05, 0.1) is 39.6 Å². The summed E-state index contributed by atoms with van der Waals surface area (Å²) in [5, 5.41) is 14.8. The first-order valence-electron chi connectivity index (χ1n) is 16.0. The highest BCUT2D eigenvalue weighted by Gasteiger charge is 2.30. The van der Waals surface area contributed by atoms with Crippen LogP contribution in [-0.4, -0.2) is 9.13 Å². The lowest BCUT2D eigenvalue weighted by Gasteiger charge is -2.16. The molecule has 0 N–H and O–H groups in total. The van der Waals surface area contributed by atoms with Gasteiger partial charge in [-0.25, -0.2) is 0 Å². The fourth-order valence-electron chi connectivity index (χ4n) is 7.87. The first-order chi connectivity index (χ1) is 23.3. The van der Waals surface area contributed by atoms with E-state index in [0.717, 1.165) is 63.1 Å². The van der Waals surface area contributed by atoms with Gasteiger partial charge in [-0.3, -0.25) is 0 Å². The van der Waals surface area contributed by atoms with Gasteiger partial charge in [-0.05, 0) is 72.1 Å². The first-order valence-corrected chi connectivity index (χ1v) is 16.0. The van der Waals surface area contributed by atoms with Crippen molar-refractivity contribution in [3.05, 3.63) is 156 Å². The fraction of sp³-hybridized carbons (Fsp3) is 0.0465. The average Bonchev–Trinajstić information content (AvgIpc) is 3.79. The summed E-state index contributed by atoms with van der Waals surface area (Å²) in [6.45, 7) is 0. The molecule has 0 amide bonds. The Kier molecular flexibility index (Phi) is 5.44. The Morgan fingerprint density at radius 2 is 1.26 bits per heavy atom. The second-order valence-electron chi connectivity index (χ2n) is 12.3. The minimum atomic E-state index is 0.638.